The first-order chi connectivity index (χ1) is 21.1. The molecule has 0 spiro atoms. The van der Waals surface area contributed by atoms with Crippen molar-refractivity contribution in [2.45, 2.75) is 53.4 Å². The molecule has 44 heavy (non-hydrogen) atoms. The van der Waals surface area contributed by atoms with E-state index in [0.29, 0.717) is 0 Å². The smallest absolute Gasteiger partial charge is 0.264 e. The summed E-state index contributed by atoms with van der Waals surface area (Å²) in [5.74, 6) is 1.58. The number of amides is 2. The van der Waals surface area contributed by atoms with Crippen LogP contribution < -0.4 is 19.3 Å². The Balaban J connectivity index is 1.53. The number of hydrogen-bond acceptors (Lipinski definition) is 4. The van der Waals surface area contributed by atoms with E-state index < -0.39 is 0 Å². The molecule has 2 amide bonds. The highest BCUT2D eigenvalue weighted by Gasteiger charge is 2.23. The summed E-state index contributed by atoms with van der Waals surface area (Å²) in [6.45, 7) is 12.8. The number of aryl methyl sites for hydroxylation is 2. The van der Waals surface area contributed by atoms with E-state index in [2.05, 4.69) is 52.0 Å². The molecule has 0 fully saturated rings. The number of para-hydroxylation sites is 2. The van der Waals surface area contributed by atoms with Crippen molar-refractivity contribution in [3.8, 4) is 11.5 Å². The van der Waals surface area contributed by atoms with Crippen LogP contribution in [0.5, 0.6) is 11.5 Å². The van der Waals surface area contributed by atoms with Crippen molar-refractivity contribution in [1.82, 2.24) is 0 Å². The minimum absolute atomic E-state index is 0.119. The molecule has 230 valence electrons. The lowest BCUT2D eigenvalue weighted by atomic mass is 10.0. The summed E-state index contributed by atoms with van der Waals surface area (Å²) in [6, 6.07) is 31.2. The molecule has 6 heteroatoms. The van der Waals surface area contributed by atoms with Crippen LogP contribution in [0, 0.1) is 13.8 Å². The van der Waals surface area contributed by atoms with Crippen LogP contribution in [0.3, 0.4) is 0 Å². The van der Waals surface area contributed by atoms with E-state index in [-0.39, 0.29) is 50.0 Å². The molecule has 0 aromatic heterocycles. The fourth-order valence-corrected chi connectivity index (χ4v) is 5.13. The van der Waals surface area contributed by atoms with Crippen LogP contribution in [0.2, 0.25) is 0 Å². The lowest BCUT2D eigenvalue weighted by molar-refractivity contribution is -0.122. The molecule has 0 heterocycles. The quantitative estimate of drug-likeness (QED) is 0.158. The SMILES string of the molecule is Cc1ccc(C(C)C)c(OCC(=O)N(CCN(C(=O)COc2cc(C)ccc2C(C)C)c2ccccc2)c2ccccc2)c1. The van der Waals surface area contributed by atoms with Crippen molar-refractivity contribution in [1.29, 1.82) is 0 Å². The predicted octanol–water partition coefficient (Wildman–Crippen LogP) is 8.07. The largest absolute Gasteiger partial charge is 0.483 e. The minimum atomic E-state index is -0.189. The number of carbonyl (C=O) groups is 2. The van der Waals surface area contributed by atoms with Gasteiger partial charge in [0.25, 0.3) is 11.8 Å². The van der Waals surface area contributed by atoms with Gasteiger partial charge in [0, 0.05) is 24.5 Å². The lowest BCUT2D eigenvalue weighted by Gasteiger charge is -2.28. The minimum Gasteiger partial charge on any atom is -0.483 e. The van der Waals surface area contributed by atoms with Crippen LogP contribution in [0.1, 0.15) is 61.8 Å². The van der Waals surface area contributed by atoms with Gasteiger partial charge in [0.15, 0.2) is 13.2 Å². The number of ether oxygens (including phenoxy) is 2. The summed E-state index contributed by atoms with van der Waals surface area (Å²) in [6.07, 6.45) is 0. The van der Waals surface area contributed by atoms with Crippen LogP contribution in [0.4, 0.5) is 11.4 Å². The number of anilines is 2. The zero-order valence-corrected chi connectivity index (χ0v) is 26.7. The maximum Gasteiger partial charge on any atom is 0.264 e. The van der Waals surface area contributed by atoms with E-state index in [4.69, 9.17) is 9.47 Å². The zero-order valence-electron chi connectivity index (χ0n) is 26.7. The van der Waals surface area contributed by atoms with Crippen LogP contribution >= 0.6 is 0 Å². The molecular formula is C38H44N2O4. The van der Waals surface area contributed by atoms with Gasteiger partial charge >= 0.3 is 0 Å². The van der Waals surface area contributed by atoms with Crippen molar-refractivity contribution in [2.24, 2.45) is 0 Å². The van der Waals surface area contributed by atoms with Crippen molar-refractivity contribution >= 4 is 23.2 Å². The van der Waals surface area contributed by atoms with Crippen molar-refractivity contribution < 1.29 is 19.1 Å². The first-order valence-corrected chi connectivity index (χ1v) is 15.3. The molecule has 0 radical (unpaired) electrons. The van der Waals surface area contributed by atoms with Crippen molar-refractivity contribution in [3.63, 3.8) is 0 Å². The van der Waals surface area contributed by atoms with Gasteiger partial charge in [-0.25, -0.2) is 0 Å². The topological polar surface area (TPSA) is 59.1 Å². The molecule has 6 nitrogen and oxygen atoms in total. The number of rotatable bonds is 13. The molecule has 0 N–H and O–H groups in total. The number of carbonyl (C=O) groups excluding carboxylic acids is 2. The maximum absolute atomic E-state index is 13.7. The molecular weight excluding hydrogens is 548 g/mol. The second-order valence-electron chi connectivity index (χ2n) is 11.7. The first kappa shape index (κ1) is 32.3. The lowest BCUT2D eigenvalue weighted by Crippen LogP contribution is -2.44. The number of hydrogen-bond donors (Lipinski definition) is 0. The molecule has 0 unspecified atom stereocenters. The van der Waals surface area contributed by atoms with E-state index in [1.54, 1.807) is 9.80 Å². The van der Waals surface area contributed by atoms with Gasteiger partial charge in [0.2, 0.25) is 0 Å². The van der Waals surface area contributed by atoms with Gasteiger partial charge in [-0.3, -0.25) is 9.59 Å². The van der Waals surface area contributed by atoms with Crippen molar-refractivity contribution in [2.75, 3.05) is 36.1 Å². The zero-order chi connectivity index (χ0) is 31.6. The Labute approximate surface area is 262 Å². The maximum atomic E-state index is 13.7. The number of nitrogens with zero attached hydrogens (tertiary/aromatic N) is 2. The van der Waals surface area contributed by atoms with Crippen LogP contribution in [-0.4, -0.2) is 38.1 Å². The van der Waals surface area contributed by atoms with Gasteiger partial charge in [0.05, 0.1) is 0 Å². The molecule has 0 aliphatic heterocycles. The Morgan fingerprint density at radius 1 is 0.568 bits per heavy atom. The summed E-state index contributed by atoms with van der Waals surface area (Å²) in [4.78, 5) is 30.8. The Morgan fingerprint density at radius 2 is 0.932 bits per heavy atom. The van der Waals surface area contributed by atoms with Gasteiger partial charge < -0.3 is 19.3 Å². The van der Waals surface area contributed by atoms with Crippen LogP contribution in [0.25, 0.3) is 0 Å². The van der Waals surface area contributed by atoms with Crippen LogP contribution in [0.15, 0.2) is 97.1 Å². The highest BCUT2D eigenvalue weighted by atomic mass is 16.5. The second kappa shape index (κ2) is 15.2. The van der Waals surface area contributed by atoms with E-state index in [9.17, 15) is 9.59 Å². The Kier molecular flexibility index (Phi) is 11.2. The highest BCUT2D eigenvalue weighted by Crippen LogP contribution is 2.29. The standard InChI is InChI=1S/C38H44N2O4/c1-27(2)33-19-17-29(5)23-35(33)43-25-37(41)39(31-13-9-7-10-14-31)21-22-40(32-15-11-8-12-16-32)38(42)26-44-36-24-30(6)18-20-34(36)28(3)4/h7-20,23-24,27-28H,21-22,25-26H2,1-6H3. The fraction of sp³-hybridized carbons (Fsp3) is 0.316. The molecule has 4 aromatic rings. The molecule has 0 bridgehead atoms. The second-order valence-corrected chi connectivity index (χ2v) is 11.7. The Hall–Kier alpha value is -4.58. The molecule has 0 saturated carbocycles. The first-order valence-electron chi connectivity index (χ1n) is 15.3. The fourth-order valence-electron chi connectivity index (χ4n) is 5.13. The molecule has 0 saturated heterocycles. The summed E-state index contributed by atoms with van der Waals surface area (Å²) in [7, 11) is 0. The third-order valence-corrected chi connectivity index (χ3v) is 7.57. The van der Waals surface area contributed by atoms with Gasteiger partial charge in [-0.15, -0.1) is 0 Å². The number of benzene rings is 4. The Morgan fingerprint density at radius 3 is 1.27 bits per heavy atom. The summed E-state index contributed by atoms with van der Waals surface area (Å²) >= 11 is 0. The molecule has 0 aliphatic rings. The monoisotopic (exact) mass is 592 g/mol. The summed E-state index contributed by atoms with van der Waals surface area (Å²) < 4.78 is 12.2. The summed E-state index contributed by atoms with van der Waals surface area (Å²) in [5.41, 5.74) is 5.75. The Bertz CT molecular complexity index is 1420. The van der Waals surface area contributed by atoms with Crippen molar-refractivity contribution in [3.05, 3.63) is 119 Å². The third kappa shape index (κ3) is 8.50. The van der Waals surface area contributed by atoms with Gasteiger partial charge in [-0.05, 0) is 84.3 Å². The normalized spacial score (nSPS) is 11.0. The summed E-state index contributed by atoms with van der Waals surface area (Å²) in [5, 5.41) is 0. The highest BCUT2D eigenvalue weighted by molar-refractivity contribution is 5.96. The van der Waals surface area contributed by atoms with Gasteiger partial charge in [-0.2, -0.15) is 0 Å². The molecule has 0 aliphatic carbocycles. The third-order valence-electron chi connectivity index (χ3n) is 7.57. The van der Waals surface area contributed by atoms with E-state index in [1.807, 2.05) is 86.6 Å². The average molecular weight is 593 g/mol. The molecule has 4 aromatic carbocycles. The molecule has 4 rings (SSSR count). The average Bonchev–Trinajstić information content (AvgIpc) is 3.01. The predicted molar refractivity (Wildman–Crippen MR) is 179 cm³/mol. The van der Waals surface area contributed by atoms with Gasteiger partial charge in [0.1, 0.15) is 11.5 Å². The van der Waals surface area contributed by atoms with Gasteiger partial charge in [-0.1, -0.05) is 88.4 Å². The van der Waals surface area contributed by atoms with E-state index in [0.717, 1.165) is 45.1 Å². The van der Waals surface area contributed by atoms with E-state index >= 15 is 0 Å². The van der Waals surface area contributed by atoms with Crippen LogP contribution in [-0.2, 0) is 9.59 Å². The molecule has 0 atom stereocenters. The van der Waals surface area contributed by atoms with E-state index in [1.165, 1.54) is 0 Å².